The van der Waals surface area contributed by atoms with E-state index in [4.69, 9.17) is 19.6 Å². The molecule has 0 saturated carbocycles. The van der Waals surface area contributed by atoms with Crippen molar-refractivity contribution >= 4 is 5.97 Å². The Labute approximate surface area is 123 Å². The summed E-state index contributed by atoms with van der Waals surface area (Å²) in [4.78, 5) is 11.5. The van der Waals surface area contributed by atoms with E-state index in [1.165, 1.54) is 0 Å². The van der Waals surface area contributed by atoms with Crippen LogP contribution >= 0.6 is 0 Å². The van der Waals surface area contributed by atoms with E-state index < -0.39 is 12.0 Å². The minimum absolute atomic E-state index is 0.308. The minimum Gasteiger partial charge on any atom is -0.497 e. The van der Waals surface area contributed by atoms with Crippen molar-refractivity contribution in [1.82, 2.24) is 0 Å². The lowest BCUT2D eigenvalue weighted by Gasteiger charge is -2.08. The van der Waals surface area contributed by atoms with E-state index in [-0.39, 0.29) is 0 Å². The topological polar surface area (TPSA) is 74.7 Å². The van der Waals surface area contributed by atoms with E-state index in [0.29, 0.717) is 24.5 Å². The van der Waals surface area contributed by atoms with Crippen LogP contribution < -0.4 is 10.5 Å². The van der Waals surface area contributed by atoms with Crippen LogP contribution in [0.2, 0.25) is 0 Å². The van der Waals surface area contributed by atoms with Crippen LogP contribution in [-0.4, -0.2) is 25.7 Å². The largest absolute Gasteiger partial charge is 0.497 e. The summed E-state index contributed by atoms with van der Waals surface area (Å²) in [7, 11) is 1.62. The third-order valence-electron chi connectivity index (χ3n) is 3.03. The quantitative estimate of drug-likeness (QED) is 0.826. The molecule has 0 saturated heterocycles. The molecule has 5 nitrogen and oxygen atoms in total. The van der Waals surface area contributed by atoms with Crippen molar-refractivity contribution in [2.45, 2.75) is 19.4 Å². The van der Waals surface area contributed by atoms with Crippen LogP contribution in [0, 0.1) is 0 Å². The zero-order valence-corrected chi connectivity index (χ0v) is 12.2. The molecule has 0 radical (unpaired) electrons. The Morgan fingerprint density at radius 2 is 2.14 bits per heavy atom. The van der Waals surface area contributed by atoms with E-state index in [1.54, 1.807) is 14.0 Å². The number of nitrogens with two attached hydrogens (primary N) is 1. The van der Waals surface area contributed by atoms with Crippen molar-refractivity contribution in [2.75, 3.05) is 13.7 Å². The summed E-state index contributed by atoms with van der Waals surface area (Å²) in [5.74, 6) is 1.69. The number of hydrogen-bond acceptors (Lipinski definition) is 5. The molecule has 2 N–H and O–H groups in total. The zero-order valence-electron chi connectivity index (χ0n) is 12.2. The van der Waals surface area contributed by atoms with Gasteiger partial charge in [0.1, 0.15) is 23.3 Å². The van der Waals surface area contributed by atoms with Gasteiger partial charge in [0.15, 0.2) is 0 Å². The number of rotatable bonds is 6. The van der Waals surface area contributed by atoms with Gasteiger partial charge in [0, 0.05) is 12.0 Å². The minimum atomic E-state index is -0.714. The maximum absolute atomic E-state index is 11.5. The third-order valence-corrected chi connectivity index (χ3v) is 3.03. The molecular weight excluding hydrogens is 270 g/mol. The predicted octanol–water partition coefficient (Wildman–Crippen LogP) is 2.39. The molecule has 0 bridgehead atoms. The van der Waals surface area contributed by atoms with Crippen molar-refractivity contribution in [3.8, 4) is 17.1 Å². The molecule has 1 unspecified atom stereocenters. The van der Waals surface area contributed by atoms with Gasteiger partial charge < -0.3 is 19.6 Å². The normalized spacial score (nSPS) is 12.0. The molecular formula is C16H19NO4. The summed E-state index contributed by atoms with van der Waals surface area (Å²) in [6.45, 7) is 2.07. The number of methoxy groups -OCH3 is 1. The third kappa shape index (κ3) is 3.86. The molecule has 0 aliphatic heterocycles. The molecule has 5 heteroatoms. The number of ether oxygens (including phenoxy) is 2. The van der Waals surface area contributed by atoms with Gasteiger partial charge in [-0.25, -0.2) is 0 Å². The lowest BCUT2D eigenvalue weighted by Crippen LogP contribution is -2.34. The van der Waals surface area contributed by atoms with E-state index in [2.05, 4.69) is 0 Å². The van der Waals surface area contributed by atoms with Crippen molar-refractivity contribution < 1.29 is 18.7 Å². The molecule has 2 aromatic rings. The fourth-order valence-corrected chi connectivity index (χ4v) is 1.97. The molecule has 0 fully saturated rings. The van der Waals surface area contributed by atoms with Gasteiger partial charge in [-0.15, -0.1) is 0 Å². The second kappa shape index (κ2) is 6.95. The maximum atomic E-state index is 11.5. The molecule has 0 amide bonds. The Morgan fingerprint density at radius 1 is 1.33 bits per heavy atom. The van der Waals surface area contributed by atoms with Crippen LogP contribution in [0.4, 0.5) is 0 Å². The smallest absolute Gasteiger partial charge is 0.323 e. The van der Waals surface area contributed by atoms with Gasteiger partial charge in [-0.2, -0.15) is 0 Å². The monoisotopic (exact) mass is 289 g/mol. The Morgan fingerprint density at radius 3 is 2.86 bits per heavy atom. The van der Waals surface area contributed by atoms with Crippen molar-refractivity contribution in [1.29, 1.82) is 0 Å². The fraction of sp³-hybridized carbons (Fsp3) is 0.312. The van der Waals surface area contributed by atoms with Crippen molar-refractivity contribution in [3.05, 3.63) is 42.2 Å². The summed E-state index contributed by atoms with van der Waals surface area (Å²) in [5.41, 5.74) is 6.68. The molecule has 1 atom stereocenters. The van der Waals surface area contributed by atoms with E-state index in [0.717, 1.165) is 11.3 Å². The highest BCUT2D eigenvalue weighted by Crippen LogP contribution is 2.26. The van der Waals surface area contributed by atoms with Crippen LogP contribution in [-0.2, 0) is 16.0 Å². The maximum Gasteiger partial charge on any atom is 0.323 e. The molecule has 1 aromatic carbocycles. The standard InChI is InChI=1S/C16H19NO4/c1-3-20-16(18)14(17)10-13-7-8-15(21-13)11-5-4-6-12(9-11)19-2/h4-9,14H,3,10,17H2,1-2H3. The summed E-state index contributed by atoms with van der Waals surface area (Å²) in [6.07, 6.45) is 0.308. The van der Waals surface area contributed by atoms with Crippen molar-refractivity contribution in [3.63, 3.8) is 0 Å². The molecule has 0 aliphatic rings. The molecule has 2 rings (SSSR count). The van der Waals surface area contributed by atoms with E-state index in [9.17, 15) is 4.79 Å². The van der Waals surface area contributed by atoms with Gasteiger partial charge in [0.2, 0.25) is 0 Å². The van der Waals surface area contributed by atoms with Crippen LogP contribution in [0.1, 0.15) is 12.7 Å². The predicted molar refractivity (Wildman–Crippen MR) is 79.0 cm³/mol. The van der Waals surface area contributed by atoms with Crippen LogP contribution in [0.25, 0.3) is 11.3 Å². The summed E-state index contributed by atoms with van der Waals surface area (Å²) >= 11 is 0. The lowest BCUT2D eigenvalue weighted by atomic mass is 10.1. The first kappa shape index (κ1) is 15.1. The van der Waals surface area contributed by atoms with Gasteiger partial charge in [0.05, 0.1) is 13.7 Å². The number of furan rings is 1. The first-order valence-electron chi connectivity index (χ1n) is 6.79. The fourth-order valence-electron chi connectivity index (χ4n) is 1.97. The second-order valence-corrected chi connectivity index (χ2v) is 4.56. The van der Waals surface area contributed by atoms with Gasteiger partial charge in [-0.1, -0.05) is 12.1 Å². The lowest BCUT2D eigenvalue weighted by molar-refractivity contribution is -0.144. The number of carbonyl (C=O) groups excluding carboxylic acids is 1. The zero-order chi connectivity index (χ0) is 15.2. The summed E-state index contributed by atoms with van der Waals surface area (Å²) < 4.78 is 15.8. The van der Waals surface area contributed by atoms with Gasteiger partial charge in [-0.05, 0) is 31.2 Å². The van der Waals surface area contributed by atoms with Gasteiger partial charge >= 0.3 is 5.97 Å². The first-order chi connectivity index (χ1) is 10.1. The summed E-state index contributed by atoms with van der Waals surface area (Å²) in [6, 6.07) is 10.5. The van der Waals surface area contributed by atoms with E-state index >= 15 is 0 Å². The molecule has 1 heterocycles. The van der Waals surface area contributed by atoms with Gasteiger partial charge in [0.25, 0.3) is 0 Å². The molecule has 0 aliphatic carbocycles. The number of benzene rings is 1. The van der Waals surface area contributed by atoms with Crippen LogP contribution in [0.15, 0.2) is 40.8 Å². The Bertz CT molecular complexity index is 606. The Balaban J connectivity index is 2.09. The highest BCUT2D eigenvalue weighted by Gasteiger charge is 2.17. The molecule has 21 heavy (non-hydrogen) atoms. The highest BCUT2D eigenvalue weighted by molar-refractivity contribution is 5.75. The average Bonchev–Trinajstić information content (AvgIpc) is 2.96. The number of hydrogen-bond donors (Lipinski definition) is 1. The highest BCUT2D eigenvalue weighted by atomic mass is 16.5. The Hall–Kier alpha value is -2.27. The Kier molecular flexibility index (Phi) is 5.00. The molecule has 112 valence electrons. The molecule has 0 spiro atoms. The van der Waals surface area contributed by atoms with Crippen LogP contribution in [0.3, 0.4) is 0 Å². The number of carbonyl (C=O) groups is 1. The number of esters is 1. The van der Waals surface area contributed by atoms with Gasteiger partial charge in [-0.3, -0.25) is 4.79 Å². The summed E-state index contributed by atoms with van der Waals surface area (Å²) in [5, 5.41) is 0. The average molecular weight is 289 g/mol. The second-order valence-electron chi connectivity index (χ2n) is 4.56. The SMILES string of the molecule is CCOC(=O)C(N)Cc1ccc(-c2cccc(OC)c2)o1. The van der Waals surface area contributed by atoms with Crippen LogP contribution in [0.5, 0.6) is 5.75 Å². The first-order valence-corrected chi connectivity index (χ1v) is 6.79. The molecule has 1 aromatic heterocycles. The van der Waals surface area contributed by atoms with E-state index in [1.807, 2.05) is 36.4 Å². The van der Waals surface area contributed by atoms with Crippen molar-refractivity contribution in [2.24, 2.45) is 5.73 Å².